The summed E-state index contributed by atoms with van der Waals surface area (Å²) in [6.07, 6.45) is 2.18. The quantitative estimate of drug-likeness (QED) is 0.668. The molecule has 2 nitrogen and oxygen atoms in total. The lowest BCUT2D eigenvalue weighted by Crippen LogP contribution is -2.04. The van der Waals surface area contributed by atoms with E-state index in [0.29, 0.717) is 11.8 Å². The van der Waals surface area contributed by atoms with Crippen LogP contribution in [0.3, 0.4) is 0 Å². The Morgan fingerprint density at radius 2 is 1.47 bits per heavy atom. The van der Waals surface area contributed by atoms with Gasteiger partial charge in [0.1, 0.15) is 11.5 Å². The molecule has 0 radical (unpaired) electrons. The Morgan fingerprint density at radius 3 is 2.00 bits per heavy atom. The molecule has 1 aromatic carbocycles. The molecule has 2 heteroatoms. The summed E-state index contributed by atoms with van der Waals surface area (Å²) in [6, 6.07) is 6.07. The van der Waals surface area contributed by atoms with Gasteiger partial charge in [0.05, 0.1) is 13.2 Å². The van der Waals surface area contributed by atoms with Crippen LogP contribution in [0.4, 0.5) is 0 Å². The molecule has 0 heterocycles. The standard InChI is InChI=1S/C17H28O2/c1-13(2)8-10-18-16-6-7-17(15(5)12-16)19-11-9-14(3)4/h6-7,12-14H,8-11H2,1-5H3. The first-order valence-electron chi connectivity index (χ1n) is 7.35. The van der Waals surface area contributed by atoms with Crippen LogP contribution in [-0.2, 0) is 0 Å². The van der Waals surface area contributed by atoms with Gasteiger partial charge < -0.3 is 9.47 Å². The summed E-state index contributed by atoms with van der Waals surface area (Å²) in [5.41, 5.74) is 1.14. The van der Waals surface area contributed by atoms with E-state index in [0.717, 1.165) is 43.1 Å². The minimum Gasteiger partial charge on any atom is -0.494 e. The van der Waals surface area contributed by atoms with Crippen LogP contribution in [0.5, 0.6) is 11.5 Å². The lowest BCUT2D eigenvalue weighted by molar-refractivity contribution is 0.280. The van der Waals surface area contributed by atoms with Crippen molar-refractivity contribution in [3.05, 3.63) is 23.8 Å². The van der Waals surface area contributed by atoms with Gasteiger partial charge in [-0.1, -0.05) is 27.7 Å². The lowest BCUT2D eigenvalue weighted by atomic mass is 10.1. The minimum absolute atomic E-state index is 0.680. The highest BCUT2D eigenvalue weighted by molar-refractivity contribution is 5.39. The van der Waals surface area contributed by atoms with Gasteiger partial charge in [0.25, 0.3) is 0 Å². The molecular formula is C17H28O2. The number of hydrogen-bond acceptors (Lipinski definition) is 2. The lowest BCUT2D eigenvalue weighted by Gasteiger charge is -2.13. The summed E-state index contributed by atoms with van der Waals surface area (Å²) in [5.74, 6) is 3.27. The molecule has 0 spiro atoms. The molecule has 0 saturated heterocycles. The van der Waals surface area contributed by atoms with Gasteiger partial charge >= 0.3 is 0 Å². The molecule has 0 aliphatic rings. The van der Waals surface area contributed by atoms with E-state index in [4.69, 9.17) is 9.47 Å². The topological polar surface area (TPSA) is 18.5 Å². The Balaban J connectivity index is 2.45. The van der Waals surface area contributed by atoms with Gasteiger partial charge in [0.15, 0.2) is 0 Å². The van der Waals surface area contributed by atoms with E-state index in [2.05, 4.69) is 40.7 Å². The third-order valence-corrected chi connectivity index (χ3v) is 3.06. The number of ether oxygens (including phenoxy) is 2. The molecule has 19 heavy (non-hydrogen) atoms. The Bertz CT molecular complexity index is 370. The predicted molar refractivity (Wildman–Crippen MR) is 81.1 cm³/mol. The summed E-state index contributed by atoms with van der Waals surface area (Å²) in [5, 5.41) is 0. The Kier molecular flexibility index (Phi) is 6.75. The van der Waals surface area contributed by atoms with E-state index in [1.54, 1.807) is 0 Å². The maximum Gasteiger partial charge on any atom is 0.122 e. The molecule has 1 aromatic rings. The van der Waals surface area contributed by atoms with Crippen LogP contribution >= 0.6 is 0 Å². The van der Waals surface area contributed by atoms with Crippen LogP contribution < -0.4 is 9.47 Å². The van der Waals surface area contributed by atoms with Crippen LogP contribution in [0.2, 0.25) is 0 Å². The largest absolute Gasteiger partial charge is 0.494 e. The highest BCUT2D eigenvalue weighted by atomic mass is 16.5. The van der Waals surface area contributed by atoms with Crippen LogP contribution in [0.1, 0.15) is 46.1 Å². The van der Waals surface area contributed by atoms with E-state index in [1.807, 2.05) is 12.1 Å². The molecule has 0 bridgehead atoms. The number of benzene rings is 1. The van der Waals surface area contributed by atoms with Gasteiger partial charge in [-0.3, -0.25) is 0 Å². The van der Waals surface area contributed by atoms with E-state index in [1.165, 1.54) is 0 Å². The zero-order valence-electron chi connectivity index (χ0n) is 13.0. The van der Waals surface area contributed by atoms with Gasteiger partial charge in [0.2, 0.25) is 0 Å². The van der Waals surface area contributed by atoms with Crippen molar-refractivity contribution in [2.75, 3.05) is 13.2 Å². The van der Waals surface area contributed by atoms with Gasteiger partial charge in [0, 0.05) is 0 Å². The molecule has 0 fully saturated rings. The number of rotatable bonds is 8. The fourth-order valence-corrected chi connectivity index (χ4v) is 1.69. The fourth-order valence-electron chi connectivity index (χ4n) is 1.69. The molecule has 1 rings (SSSR count). The zero-order chi connectivity index (χ0) is 14.3. The maximum absolute atomic E-state index is 5.79. The van der Waals surface area contributed by atoms with Crippen molar-refractivity contribution in [2.45, 2.75) is 47.5 Å². The summed E-state index contributed by atoms with van der Waals surface area (Å²) >= 11 is 0. The summed E-state index contributed by atoms with van der Waals surface area (Å²) in [7, 11) is 0. The van der Waals surface area contributed by atoms with Crippen molar-refractivity contribution in [3.63, 3.8) is 0 Å². The minimum atomic E-state index is 0.680. The smallest absolute Gasteiger partial charge is 0.122 e. The van der Waals surface area contributed by atoms with Crippen molar-refractivity contribution in [1.82, 2.24) is 0 Å². The van der Waals surface area contributed by atoms with Crippen LogP contribution in [0.15, 0.2) is 18.2 Å². The van der Waals surface area contributed by atoms with E-state index in [-0.39, 0.29) is 0 Å². The van der Waals surface area contributed by atoms with Crippen molar-refractivity contribution < 1.29 is 9.47 Å². The first kappa shape index (κ1) is 15.9. The van der Waals surface area contributed by atoms with Crippen molar-refractivity contribution in [3.8, 4) is 11.5 Å². The van der Waals surface area contributed by atoms with E-state index < -0.39 is 0 Å². The molecule has 108 valence electrons. The summed E-state index contributed by atoms with van der Waals surface area (Å²) < 4.78 is 11.5. The SMILES string of the molecule is Cc1cc(OCCC(C)C)ccc1OCCC(C)C. The number of hydrogen-bond donors (Lipinski definition) is 0. The first-order chi connectivity index (χ1) is 8.99. The third kappa shape index (κ3) is 6.51. The van der Waals surface area contributed by atoms with Crippen molar-refractivity contribution in [2.24, 2.45) is 11.8 Å². The van der Waals surface area contributed by atoms with Gasteiger partial charge in [-0.25, -0.2) is 0 Å². The second-order valence-electron chi connectivity index (χ2n) is 5.99. The van der Waals surface area contributed by atoms with Crippen LogP contribution in [0, 0.1) is 18.8 Å². The second kappa shape index (κ2) is 8.08. The average Bonchev–Trinajstić information content (AvgIpc) is 2.31. The highest BCUT2D eigenvalue weighted by Crippen LogP contribution is 2.24. The third-order valence-electron chi connectivity index (χ3n) is 3.06. The first-order valence-corrected chi connectivity index (χ1v) is 7.35. The van der Waals surface area contributed by atoms with Crippen molar-refractivity contribution >= 4 is 0 Å². The average molecular weight is 264 g/mol. The highest BCUT2D eigenvalue weighted by Gasteiger charge is 2.03. The zero-order valence-corrected chi connectivity index (χ0v) is 13.0. The summed E-state index contributed by atoms with van der Waals surface area (Å²) in [4.78, 5) is 0. The van der Waals surface area contributed by atoms with Crippen LogP contribution in [-0.4, -0.2) is 13.2 Å². The van der Waals surface area contributed by atoms with E-state index in [9.17, 15) is 0 Å². The molecule has 0 N–H and O–H groups in total. The van der Waals surface area contributed by atoms with Gasteiger partial charge in [-0.2, -0.15) is 0 Å². The fraction of sp³-hybridized carbons (Fsp3) is 0.647. The molecule has 0 atom stereocenters. The van der Waals surface area contributed by atoms with E-state index >= 15 is 0 Å². The van der Waals surface area contributed by atoms with Crippen molar-refractivity contribution in [1.29, 1.82) is 0 Å². The monoisotopic (exact) mass is 264 g/mol. The number of aryl methyl sites for hydroxylation is 1. The Hall–Kier alpha value is -1.18. The van der Waals surface area contributed by atoms with Gasteiger partial charge in [-0.15, -0.1) is 0 Å². The molecule has 0 aliphatic heterocycles. The maximum atomic E-state index is 5.79. The molecule has 0 unspecified atom stereocenters. The summed E-state index contributed by atoms with van der Waals surface area (Å²) in [6.45, 7) is 12.5. The van der Waals surface area contributed by atoms with Gasteiger partial charge in [-0.05, 0) is 55.4 Å². The molecule has 0 saturated carbocycles. The Labute approximate surface area is 118 Å². The predicted octanol–water partition coefficient (Wildman–Crippen LogP) is 4.84. The molecule has 0 aromatic heterocycles. The second-order valence-corrected chi connectivity index (χ2v) is 5.99. The molecule has 0 aliphatic carbocycles. The molecule has 0 amide bonds. The van der Waals surface area contributed by atoms with Crippen LogP contribution in [0.25, 0.3) is 0 Å². The normalized spacial score (nSPS) is 11.1. The Morgan fingerprint density at radius 1 is 0.895 bits per heavy atom. The molecular weight excluding hydrogens is 236 g/mol.